The topological polar surface area (TPSA) is 538 Å². The molecule has 3 aliphatic heterocycles. The van der Waals surface area contributed by atoms with E-state index >= 15 is 0 Å². The Kier molecular flexibility index (Phi) is 17.0. The van der Waals surface area contributed by atoms with Crippen molar-refractivity contribution >= 4 is 82.5 Å². The lowest BCUT2D eigenvalue weighted by Crippen LogP contribution is -2.46. The lowest BCUT2D eigenvalue weighted by atomic mass is 10.1. The molecule has 440 valence electrons. The summed E-state index contributed by atoms with van der Waals surface area (Å²) in [7, 11) is -19.5. The number of aliphatic hydroxyl groups excluding tert-OH is 2. The van der Waals surface area contributed by atoms with Gasteiger partial charge in [0.15, 0.2) is 41.4 Å². The zero-order chi connectivity index (χ0) is 58.0. The van der Waals surface area contributed by atoms with Gasteiger partial charge < -0.3 is 93.1 Å². The van der Waals surface area contributed by atoms with Gasteiger partial charge >= 0.3 is 5.65 Å². The van der Waals surface area contributed by atoms with Crippen molar-refractivity contribution in [3.8, 4) is 0 Å². The Balaban J connectivity index is 0.889. The molecule has 0 saturated carbocycles. The van der Waals surface area contributed by atoms with Crippen molar-refractivity contribution in [2.45, 2.75) is 93.6 Å². The molecule has 6 aromatic rings. The predicted molar refractivity (Wildman–Crippen MR) is 254 cm³/mol. The Morgan fingerprint density at radius 1 is 0.725 bits per heavy atom. The summed E-state index contributed by atoms with van der Waals surface area (Å²) >= 11 is 0. The quantitative estimate of drug-likeness (QED) is 0.0234. The molecule has 9 rings (SSSR count). The zero-order valence-corrected chi connectivity index (χ0v) is 45.8. The van der Waals surface area contributed by atoms with Crippen molar-refractivity contribution in [1.29, 1.82) is 0 Å². The molecule has 0 radical (unpaired) electrons. The summed E-state index contributed by atoms with van der Waals surface area (Å²) in [5.41, 5.74) is 10.0. The second-order valence-corrected chi connectivity index (χ2v) is 23.8. The number of phosphoric acid groups is 4. The Bertz CT molecular complexity index is 3580. The van der Waals surface area contributed by atoms with E-state index in [-0.39, 0.29) is 51.2 Å². The van der Waals surface area contributed by atoms with Gasteiger partial charge in [0.2, 0.25) is 17.7 Å². The maximum Gasteiger partial charge on any atom is 0.313 e. The first-order chi connectivity index (χ1) is 37.6. The SMILES string of the molecule is CNc1ncnc2c1ncn2[C@@H]1O[C@H](COP(=O)([O-])OP(=O)([O-])OP(=O)([O-])OC[C@H]2O[C@@H]([n+]3cn(C)c4c(=O)[nH]c(N)nc43)C(O)[C@H]2OC)[C@H](OP(=O)([O-])OC[C@H]2O[C@@H](n3cnc4c(=O)[nH]c(N)nc43)C(O)[C@H]2OC(C)C)C1OC. The summed E-state index contributed by atoms with van der Waals surface area (Å²) in [4.78, 5) is 107. The average molecular weight is 1210 g/mol. The largest absolute Gasteiger partial charge is 0.756 e. The molecule has 43 heteroatoms. The van der Waals surface area contributed by atoms with E-state index in [1.807, 2.05) is 0 Å². The lowest BCUT2D eigenvalue weighted by molar-refractivity contribution is -0.745. The van der Waals surface area contributed by atoms with Crippen LogP contribution >= 0.6 is 31.3 Å². The van der Waals surface area contributed by atoms with Gasteiger partial charge in [-0.3, -0.25) is 51.5 Å². The Morgan fingerprint density at radius 2 is 1.29 bits per heavy atom. The van der Waals surface area contributed by atoms with E-state index in [0.717, 1.165) is 26.9 Å². The van der Waals surface area contributed by atoms with Crippen LogP contribution in [0.2, 0.25) is 0 Å². The number of aromatic nitrogens is 12. The van der Waals surface area contributed by atoms with Gasteiger partial charge in [-0.1, -0.05) is 4.98 Å². The molecule has 39 nitrogen and oxygen atoms in total. The van der Waals surface area contributed by atoms with Crippen LogP contribution in [0.25, 0.3) is 33.5 Å². The number of hydrogen-bond acceptors (Lipinski definition) is 33. The Labute approximate surface area is 447 Å². The Hall–Kier alpha value is -5.15. The molecular weight excluding hydrogens is 1160 g/mol. The van der Waals surface area contributed by atoms with Gasteiger partial charge in [-0.25, -0.2) is 33.1 Å². The number of phosphoric ester groups is 3. The van der Waals surface area contributed by atoms with E-state index in [2.05, 4.69) is 58.3 Å². The highest BCUT2D eigenvalue weighted by Gasteiger charge is 2.52. The molecule has 80 heavy (non-hydrogen) atoms. The van der Waals surface area contributed by atoms with E-state index in [4.69, 9.17) is 53.5 Å². The van der Waals surface area contributed by atoms with Crippen LogP contribution in [0.1, 0.15) is 32.5 Å². The van der Waals surface area contributed by atoms with Crippen molar-refractivity contribution in [2.75, 3.05) is 57.9 Å². The van der Waals surface area contributed by atoms with E-state index in [0.29, 0.717) is 0 Å². The fourth-order valence-electron chi connectivity index (χ4n) is 9.17. The standard InChI is InChI=1S/C37H53N15O24P4/c1-14(2)70-24-16(72-33(22(24)54)51-12-44-19-29(51)45-36(38)47-31(19)55)8-67-77(57,58)74-25-17(73-35(26(25)66-6)50-11-43-18-27(40-3)41-10-42-28(18)50)9-69-79(61,62)76-80(63,64)75-78(59,60)68-7-15-23(65-5)21(53)34(71-15)52-13-49(4)20-30(52)46-37(39)48-32(20)56/h10-17,21-26,33-35,53-54H,7-9H2,1-6H3,(H10-,38,39,40,41,42,45,46,47,48,55,56,57,58,59,60,61,62,63,64)/p-3/t15-,16-,17-,21?,22?,23+,24+,25+,26?,33-,34-,35-/m1/s1. The third-order valence-electron chi connectivity index (χ3n) is 12.4. The number of fused-ring (bicyclic) bond motifs is 3. The summed E-state index contributed by atoms with van der Waals surface area (Å²) in [6.45, 7) is -0.164. The van der Waals surface area contributed by atoms with Crippen LogP contribution in [-0.4, -0.2) is 166 Å². The molecule has 0 aromatic carbocycles. The highest BCUT2D eigenvalue weighted by Crippen LogP contribution is 2.63. The second kappa shape index (κ2) is 22.9. The predicted octanol–water partition coefficient (Wildman–Crippen LogP) is -4.69. The molecule has 3 aliphatic rings. The number of methoxy groups -OCH3 is 2. The van der Waals surface area contributed by atoms with Gasteiger partial charge in [0.05, 0.1) is 45.6 Å². The molecule has 7 unspecified atom stereocenters. The van der Waals surface area contributed by atoms with Gasteiger partial charge in [0.25, 0.3) is 48.4 Å². The summed E-state index contributed by atoms with van der Waals surface area (Å²) in [6.07, 6.45) is -14.4. The van der Waals surface area contributed by atoms with Gasteiger partial charge in [-0.2, -0.15) is 4.98 Å². The third-order valence-corrected chi connectivity index (χ3v) is 17.5. The van der Waals surface area contributed by atoms with Crippen LogP contribution in [0.3, 0.4) is 0 Å². The van der Waals surface area contributed by atoms with E-state index in [1.165, 1.54) is 45.0 Å². The number of nitrogens with zero attached hydrogens (tertiary/aromatic N) is 10. The Morgan fingerprint density at radius 3 is 1.91 bits per heavy atom. The molecule has 9 N–H and O–H groups in total. The van der Waals surface area contributed by atoms with Crippen molar-refractivity contribution < 1.29 is 108 Å². The number of nitrogen functional groups attached to an aromatic ring is 2. The van der Waals surface area contributed by atoms with Crippen LogP contribution in [0, 0.1) is 0 Å². The molecule has 9 heterocycles. The highest BCUT2D eigenvalue weighted by atomic mass is 31.3. The second-order valence-electron chi connectivity index (χ2n) is 18.0. The lowest BCUT2D eigenvalue weighted by Gasteiger charge is -2.35. The number of aryl methyl sites for hydroxylation is 1. The van der Waals surface area contributed by atoms with Crippen molar-refractivity contribution in [2.24, 2.45) is 7.05 Å². The van der Waals surface area contributed by atoms with Crippen LogP contribution in [0.5, 0.6) is 0 Å². The molecule has 16 atom stereocenters. The van der Waals surface area contributed by atoms with E-state index in [1.54, 1.807) is 13.8 Å². The molecule has 3 saturated heterocycles. The monoisotopic (exact) mass is 1210 g/mol. The van der Waals surface area contributed by atoms with Gasteiger partial charge in [0, 0.05) is 21.3 Å². The number of anilines is 3. The minimum atomic E-state index is -6.56. The maximum atomic E-state index is 13.9. The fraction of sp³-hybridized carbons (Fsp3) is 0.595. The zero-order valence-electron chi connectivity index (χ0n) is 42.2. The van der Waals surface area contributed by atoms with Gasteiger partial charge in [-0.15, -0.1) is 0 Å². The van der Waals surface area contributed by atoms with Crippen LogP contribution < -0.4 is 52.0 Å². The number of aliphatic hydroxyl groups is 2. The summed E-state index contributed by atoms with van der Waals surface area (Å²) in [5.74, 6) is -0.343. The first-order valence-corrected chi connectivity index (χ1v) is 29.1. The van der Waals surface area contributed by atoms with Crippen LogP contribution in [-0.2, 0) is 80.4 Å². The van der Waals surface area contributed by atoms with Gasteiger partial charge in [0.1, 0.15) is 66.8 Å². The van der Waals surface area contributed by atoms with Crippen molar-refractivity contribution in [1.82, 2.24) is 53.6 Å². The normalized spacial score (nSPS) is 29.4. The van der Waals surface area contributed by atoms with Crippen LogP contribution in [0.4, 0.5) is 17.7 Å². The number of nitrogens with one attached hydrogen (secondary N) is 3. The number of H-pyrrole nitrogens is 2. The summed E-state index contributed by atoms with van der Waals surface area (Å²) in [6, 6.07) is 0. The van der Waals surface area contributed by atoms with Crippen molar-refractivity contribution in [3.63, 3.8) is 0 Å². The minimum absolute atomic E-state index is 0.00327. The van der Waals surface area contributed by atoms with E-state index in [9.17, 15) is 57.6 Å². The smallest absolute Gasteiger partial charge is 0.313 e. The number of nitrogens with two attached hydrogens (primary N) is 2. The maximum absolute atomic E-state index is 13.9. The first kappa shape index (κ1) is 59.5. The van der Waals surface area contributed by atoms with Gasteiger partial charge in [-0.05, 0) is 13.8 Å². The van der Waals surface area contributed by atoms with Crippen molar-refractivity contribution in [3.05, 3.63) is 46.0 Å². The van der Waals surface area contributed by atoms with Crippen LogP contribution in [0.15, 0.2) is 34.9 Å². The number of rotatable bonds is 23. The molecule has 0 spiro atoms. The molecule has 6 aromatic heterocycles. The number of imidazole rings is 3. The highest BCUT2D eigenvalue weighted by molar-refractivity contribution is 7.65. The number of ether oxygens (including phenoxy) is 6. The van der Waals surface area contributed by atoms with E-state index < -0.39 is 142 Å². The molecule has 0 aliphatic carbocycles. The third kappa shape index (κ3) is 12.2. The fourth-order valence-corrected chi connectivity index (χ4v) is 13.5. The molecule has 0 bridgehead atoms. The molecule has 0 amide bonds. The summed E-state index contributed by atoms with van der Waals surface area (Å²) in [5, 5.41) is 25.3. The number of aromatic amines is 2. The first-order valence-electron chi connectivity index (χ1n) is 23.3. The minimum Gasteiger partial charge on any atom is -0.756 e. The molecular formula is C37H50N15O24P4-3. The number of hydrogen-bond donors (Lipinski definition) is 7. The molecule has 3 fully saturated rings. The average Bonchev–Trinajstić information content (AvgIpc) is 4.22. The summed E-state index contributed by atoms with van der Waals surface area (Å²) < 4.78 is 121.